The van der Waals surface area contributed by atoms with Gasteiger partial charge in [-0.2, -0.15) is 5.10 Å². The van der Waals surface area contributed by atoms with Crippen LogP contribution in [0.15, 0.2) is 12.4 Å². The zero-order chi connectivity index (χ0) is 11.6. The third-order valence-corrected chi connectivity index (χ3v) is 3.11. The summed E-state index contributed by atoms with van der Waals surface area (Å²) in [6.07, 6.45) is 5.62. The van der Waals surface area contributed by atoms with Crippen LogP contribution in [0.3, 0.4) is 0 Å². The number of hydrogen-bond acceptors (Lipinski definition) is 3. The third-order valence-electron chi connectivity index (χ3n) is 3.11. The molecule has 1 amide bonds. The van der Waals surface area contributed by atoms with Crippen LogP contribution < -0.4 is 11.1 Å². The second-order valence-electron chi connectivity index (χ2n) is 4.52. The van der Waals surface area contributed by atoms with Crippen LogP contribution in [-0.2, 0) is 11.3 Å². The SMILES string of the molecule is Cc1cnn(CCNC(=O)C2(CN)CC2)c1. The molecule has 5 nitrogen and oxygen atoms in total. The summed E-state index contributed by atoms with van der Waals surface area (Å²) >= 11 is 0. The first-order chi connectivity index (χ1) is 7.66. The van der Waals surface area contributed by atoms with Gasteiger partial charge in [-0.1, -0.05) is 0 Å². The van der Waals surface area contributed by atoms with Gasteiger partial charge in [0.15, 0.2) is 0 Å². The number of nitrogens with zero attached hydrogens (tertiary/aromatic N) is 2. The minimum absolute atomic E-state index is 0.0962. The van der Waals surface area contributed by atoms with Crippen molar-refractivity contribution in [1.82, 2.24) is 15.1 Å². The number of rotatable bonds is 5. The van der Waals surface area contributed by atoms with Gasteiger partial charge in [-0.3, -0.25) is 9.48 Å². The van der Waals surface area contributed by atoms with E-state index >= 15 is 0 Å². The van der Waals surface area contributed by atoms with E-state index in [-0.39, 0.29) is 11.3 Å². The maximum absolute atomic E-state index is 11.7. The fraction of sp³-hybridized carbons (Fsp3) is 0.636. The molecule has 1 saturated carbocycles. The van der Waals surface area contributed by atoms with Gasteiger partial charge in [-0.15, -0.1) is 0 Å². The van der Waals surface area contributed by atoms with Gasteiger partial charge in [-0.25, -0.2) is 0 Å². The van der Waals surface area contributed by atoms with Crippen molar-refractivity contribution in [3.05, 3.63) is 18.0 Å². The smallest absolute Gasteiger partial charge is 0.227 e. The molecule has 0 spiro atoms. The van der Waals surface area contributed by atoms with Crippen LogP contribution in [-0.4, -0.2) is 28.8 Å². The minimum Gasteiger partial charge on any atom is -0.354 e. The molecule has 1 fully saturated rings. The molecule has 1 heterocycles. The predicted molar refractivity (Wildman–Crippen MR) is 60.7 cm³/mol. The normalized spacial score (nSPS) is 17.1. The van der Waals surface area contributed by atoms with E-state index in [2.05, 4.69) is 10.4 Å². The molecule has 1 aromatic rings. The second-order valence-corrected chi connectivity index (χ2v) is 4.52. The van der Waals surface area contributed by atoms with Gasteiger partial charge in [0.2, 0.25) is 5.91 Å². The van der Waals surface area contributed by atoms with Crippen LogP contribution in [0, 0.1) is 12.3 Å². The van der Waals surface area contributed by atoms with E-state index in [1.54, 1.807) is 0 Å². The van der Waals surface area contributed by atoms with Crippen LogP contribution in [0.5, 0.6) is 0 Å². The number of hydrogen-bond donors (Lipinski definition) is 2. The van der Waals surface area contributed by atoms with E-state index in [9.17, 15) is 4.79 Å². The summed E-state index contributed by atoms with van der Waals surface area (Å²) in [6, 6.07) is 0. The van der Waals surface area contributed by atoms with Crippen molar-refractivity contribution in [2.45, 2.75) is 26.3 Å². The molecule has 1 aliphatic carbocycles. The van der Waals surface area contributed by atoms with Crippen LogP contribution in [0.2, 0.25) is 0 Å². The number of aromatic nitrogens is 2. The van der Waals surface area contributed by atoms with E-state index < -0.39 is 0 Å². The van der Waals surface area contributed by atoms with Gasteiger partial charge in [0.05, 0.1) is 18.2 Å². The highest BCUT2D eigenvalue weighted by molar-refractivity contribution is 5.85. The van der Waals surface area contributed by atoms with E-state index in [0.717, 1.165) is 18.4 Å². The van der Waals surface area contributed by atoms with E-state index in [1.165, 1.54) is 0 Å². The monoisotopic (exact) mass is 222 g/mol. The molecule has 0 atom stereocenters. The summed E-state index contributed by atoms with van der Waals surface area (Å²) in [5, 5.41) is 7.07. The highest BCUT2D eigenvalue weighted by Crippen LogP contribution is 2.44. The van der Waals surface area contributed by atoms with Gasteiger partial charge in [0, 0.05) is 19.3 Å². The maximum Gasteiger partial charge on any atom is 0.227 e. The first kappa shape index (κ1) is 11.1. The van der Waals surface area contributed by atoms with Crippen molar-refractivity contribution in [1.29, 1.82) is 0 Å². The second kappa shape index (κ2) is 4.25. The van der Waals surface area contributed by atoms with E-state index in [0.29, 0.717) is 19.6 Å². The Kier molecular flexibility index (Phi) is 2.96. The fourth-order valence-electron chi connectivity index (χ4n) is 1.74. The van der Waals surface area contributed by atoms with Crippen LogP contribution in [0.4, 0.5) is 0 Å². The number of carbonyl (C=O) groups excluding carboxylic acids is 1. The average Bonchev–Trinajstić information content (AvgIpc) is 2.98. The first-order valence-corrected chi connectivity index (χ1v) is 5.64. The van der Waals surface area contributed by atoms with Gasteiger partial charge in [0.1, 0.15) is 0 Å². The Bertz CT molecular complexity index is 381. The Labute approximate surface area is 95.0 Å². The Balaban J connectivity index is 1.74. The van der Waals surface area contributed by atoms with Crippen molar-refractivity contribution in [3.63, 3.8) is 0 Å². The van der Waals surface area contributed by atoms with Crippen LogP contribution in [0.25, 0.3) is 0 Å². The third kappa shape index (κ3) is 2.24. The van der Waals surface area contributed by atoms with E-state index in [1.807, 2.05) is 24.0 Å². The summed E-state index contributed by atoms with van der Waals surface area (Å²) < 4.78 is 1.83. The van der Waals surface area contributed by atoms with Gasteiger partial charge >= 0.3 is 0 Å². The molecule has 0 aromatic carbocycles. The molecule has 0 unspecified atom stereocenters. The van der Waals surface area contributed by atoms with Gasteiger partial charge < -0.3 is 11.1 Å². The molecule has 0 saturated heterocycles. The minimum atomic E-state index is -0.250. The molecular formula is C11H18N4O. The summed E-state index contributed by atoms with van der Waals surface area (Å²) in [6.45, 7) is 3.78. The summed E-state index contributed by atoms with van der Waals surface area (Å²) in [5.41, 5.74) is 6.46. The molecule has 0 bridgehead atoms. The summed E-state index contributed by atoms with van der Waals surface area (Å²) in [4.78, 5) is 11.7. The lowest BCUT2D eigenvalue weighted by atomic mass is 10.1. The van der Waals surface area contributed by atoms with Crippen molar-refractivity contribution in [2.75, 3.05) is 13.1 Å². The molecule has 1 aliphatic rings. The first-order valence-electron chi connectivity index (χ1n) is 5.64. The Morgan fingerprint density at radius 2 is 2.44 bits per heavy atom. The quantitative estimate of drug-likeness (QED) is 0.739. The van der Waals surface area contributed by atoms with Crippen LogP contribution >= 0.6 is 0 Å². The van der Waals surface area contributed by atoms with E-state index in [4.69, 9.17) is 5.73 Å². The predicted octanol–water partition coefficient (Wildman–Crippen LogP) is 0.0466. The summed E-state index contributed by atoms with van der Waals surface area (Å²) in [7, 11) is 0. The van der Waals surface area contributed by atoms with Crippen molar-refractivity contribution < 1.29 is 4.79 Å². The van der Waals surface area contributed by atoms with Crippen molar-refractivity contribution in [3.8, 4) is 0 Å². The fourth-order valence-corrected chi connectivity index (χ4v) is 1.74. The zero-order valence-electron chi connectivity index (χ0n) is 9.57. The lowest BCUT2D eigenvalue weighted by Crippen LogP contribution is -2.38. The summed E-state index contributed by atoms with van der Waals surface area (Å²) in [5.74, 6) is 0.0962. The molecule has 0 radical (unpaired) electrons. The number of nitrogens with two attached hydrogens (primary N) is 1. The molecule has 3 N–H and O–H groups in total. The average molecular weight is 222 g/mol. The molecule has 2 rings (SSSR count). The number of carbonyl (C=O) groups is 1. The molecule has 88 valence electrons. The van der Waals surface area contributed by atoms with Crippen molar-refractivity contribution >= 4 is 5.91 Å². The standard InChI is InChI=1S/C11H18N4O/c1-9-6-14-15(7-9)5-4-13-10(16)11(8-12)2-3-11/h6-7H,2-5,8,12H2,1H3,(H,13,16). The zero-order valence-corrected chi connectivity index (χ0v) is 9.57. The lowest BCUT2D eigenvalue weighted by molar-refractivity contribution is -0.126. The van der Waals surface area contributed by atoms with Crippen molar-refractivity contribution in [2.24, 2.45) is 11.1 Å². The topological polar surface area (TPSA) is 72.9 Å². The molecule has 1 aromatic heterocycles. The number of aryl methyl sites for hydroxylation is 1. The lowest BCUT2D eigenvalue weighted by Gasteiger charge is -2.12. The Morgan fingerprint density at radius 1 is 1.69 bits per heavy atom. The number of amides is 1. The Morgan fingerprint density at radius 3 is 2.94 bits per heavy atom. The highest BCUT2D eigenvalue weighted by Gasteiger charge is 2.48. The molecule has 0 aliphatic heterocycles. The maximum atomic E-state index is 11.7. The Hall–Kier alpha value is -1.36. The molecule has 16 heavy (non-hydrogen) atoms. The van der Waals surface area contributed by atoms with Crippen LogP contribution in [0.1, 0.15) is 18.4 Å². The van der Waals surface area contributed by atoms with Gasteiger partial charge in [0.25, 0.3) is 0 Å². The highest BCUT2D eigenvalue weighted by atomic mass is 16.2. The molecular weight excluding hydrogens is 204 g/mol. The molecule has 5 heteroatoms. The van der Waals surface area contributed by atoms with Gasteiger partial charge in [-0.05, 0) is 25.3 Å². The largest absolute Gasteiger partial charge is 0.354 e. The number of nitrogens with one attached hydrogen (secondary N) is 1.